The maximum absolute atomic E-state index is 14.2. The third kappa shape index (κ3) is 4.13. The van der Waals surface area contributed by atoms with Crippen LogP contribution < -0.4 is 10.6 Å². The van der Waals surface area contributed by atoms with E-state index in [-0.39, 0.29) is 41.4 Å². The summed E-state index contributed by atoms with van der Waals surface area (Å²) < 4.78 is -0.740. The molecule has 36 heavy (non-hydrogen) atoms. The monoisotopic (exact) mass is 535 g/mol. The molecule has 3 saturated heterocycles. The Labute approximate surface area is 223 Å². The minimum atomic E-state index is -0.814. The van der Waals surface area contributed by atoms with Crippen molar-refractivity contribution in [3.8, 4) is 0 Å². The average Bonchev–Trinajstić information content (AvgIpc) is 3.44. The molecule has 2 bridgehead atoms. The van der Waals surface area contributed by atoms with Crippen molar-refractivity contribution in [2.45, 2.75) is 76.0 Å². The molecule has 0 aromatic heterocycles. The summed E-state index contributed by atoms with van der Waals surface area (Å²) in [6, 6.07) is 4.10. The van der Waals surface area contributed by atoms with E-state index in [2.05, 4.69) is 17.6 Å². The number of aliphatic hydroxyl groups excluding tert-OH is 1. The van der Waals surface area contributed by atoms with Crippen molar-refractivity contribution in [3.63, 3.8) is 0 Å². The molecule has 3 aliphatic heterocycles. The van der Waals surface area contributed by atoms with Gasteiger partial charge in [-0.2, -0.15) is 0 Å². The van der Waals surface area contributed by atoms with E-state index in [1.807, 2.05) is 39.8 Å². The second-order valence-electron chi connectivity index (χ2n) is 10.6. The lowest BCUT2D eigenvalue weighted by Gasteiger charge is -2.41. The molecule has 0 radical (unpaired) electrons. The Morgan fingerprint density at radius 3 is 2.64 bits per heavy atom. The van der Waals surface area contributed by atoms with Crippen LogP contribution in [0.15, 0.2) is 18.2 Å². The molecule has 198 valence electrons. The van der Waals surface area contributed by atoms with Crippen LogP contribution in [-0.4, -0.2) is 63.0 Å². The fourth-order valence-electron chi connectivity index (χ4n) is 6.58. The summed E-state index contributed by atoms with van der Waals surface area (Å²) in [7, 11) is 0. The van der Waals surface area contributed by atoms with Gasteiger partial charge >= 0.3 is 0 Å². The normalized spacial score (nSPS) is 32.4. The zero-order valence-electron chi connectivity index (χ0n) is 21.7. The van der Waals surface area contributed by atoms with Gasteiger partial charge in [0.15, 0.2) is 0 Å². The number of aryl methyl sites for hydroxylation is 1. The molecule has 7 nitrogen and oxygen atoms in total. The maximum atomic E-state index is 14.2. The van der Waals surface area contributed by atoms with E-state index >= 15 is 0 Å². The lowest BCUT2D eigenvalue weighted by atomic mass is 9.66. The summed E-state index contributed by atoms with van der Waals surface area (Å²) in [5.74, 6) is -1.65. The lowest BCUT2D eigenvalue weighted by molar-refractivity contribution is -0.143. The van der Waals surface area contributed by atoms with Crippen LogP contribution in [0, 0.1) is 30.6 Å². The molecule has 3 amide bonds. The van der Waals surface area contributed by atoms with E-state index < -0.39 is 28.7 Å². The summed E-state index contributed by atoms with van der Waals surface area (Å²) in [5.41, 5.74) is 1.36. The lowest BCUT2D eigenvalue weighted by Crippen LogP contribution is -2.58. The predicted molar refractivity (Wildman–Crippen MR) is 144 cm³/mol. The highest BCUT2D eigenvalue weighted by Crippen LogP contribution is 2.69. The van der Waals surface area contributed by atoms with Crippen LogP contribution in [-0.2, 0) is 14.4 Å². The minimum absolute atomic E-state index is 0.0125. The smallest absolute Gasteiger partial charge is 0.248 e. The summed E-state index contributed by atoms with van der Waals surface area (Å²) in [4.78, 5) is 43.4. The highest BCUT2D eigenvalue weighted by Gasteiger charge is 2.76. The first kappa shape index (κ1) is 27.3. The van der Waals surface area contributed by atoms with E-state index in [1.54, 1.807) is 22.7 Å². The summed E-state index contributed by atoms with van der Waals surface area (Å²) >= 11 is 8.08. The second-order valence-corrected chi connectivity index (χ2v) is 12.6. The molecule has 9 heteroatoms. The number of nitrogens with zero attached hydrogens (tertiary/aromatic N) is 1. The number of carbonyl (C=O) groups is 3. The number of rotatable bonds is 9. The third-order valence-corrected chi connectivity index (χ3v) is 11.0. The molecule has 3 N–H and O–H groups in total. The van der Waals surface area contributed by atoms with Gasteiger partial charge in [0.05, 0.1) is 39.9 Å². The van der Waals surface area contributed by atoms with Crippen LogP contribution >= 0.6 is 23.4 Å². The van der Waals surface area contributed by atoms with Gasteiger partial charge in [0.25, 0.3) is 0 Å². The molecule has 1 spiro atoms. The number of likely N-dealkylation sites (tertiary alicyclic amines) is 1. The van der Waals surface area contributed by atoms with Gasteiger partial charge in [-0.15, -0.1) is 11.8 Å². The molecule has 0 aliphatic carbocycles. The largest absolute Gasteiger partial charge is 0.394 e. The minimum Gasteiger partial charge on any atom is -0.394 e. The van der Waals surface area contributed by atoms with Crippen LogP contribution in [0.5, 0.6) is 0 Å². The van der Waals surface area contributed by atoms with Gasteiger partial charge in [0.1, 0.15) is 6.04 Å². The van der Waals surface area contributed by atoms with Gasteiger partial charge in [-0.05, 0) is 43.2 Å². The number of anilines is 1. The number of hydrogen-bond acceptors (Lipinski definition) is 5. The third-order valence-electron chi connectivity index (χ3n) is 8.60. The topological polar surface area (TPSA) is 98.7 Å². The van der Waals surface area contributed by atoms with Gasteiger partial charge in [-0.3, -0.25) is 14.4 Å². The van der Waals surface area contributed by atoms with Crippen molar-refractivity contribution in [3.05, 3.63) is 28.8 Å². The summed E-state index contributed by atoms with van der Waals surface area (Å²) in [5, 5.41) is 16.9. The number of hydrogen-bond donors (Lipinski definition) is 3. The maximum Gasteiger partial charge on any atom is 0.248 e. The van der Waals surface area contributed by atoms with Gasteiger partial charge in [-0.1, -0.05) is 57.8 Å². The number of carbonyl (C=O) groups excluding carboxylic acids is 3. The number of amides is 3. The van der Waals surface area contributed by atoms with Crippen molar-refractivity contribution in [1.82, 2.24) is 10.2 Å². The van der Waals surface area contributed by atoms with Gasteiger partial charge in [0.2, 0.25) is 17.7 Å². The average molecular weight is 536 g/mol. The zero-order chi connectivity index (χ0) is 26.4. The van der Waals surface area contributed by atoms with Crippen LogP contribution in [0.2, 0.25) is 5.02 Å². The number of halogens is 1. The number of benzene rings is 1. The first-order valence-electron chi connectivity index (χ1n) is 13.1. The molecule has 8 atom stereocenters. The number of aliphatic hydroxyl groups is 1. The Morgan fingerprint density at radius 2 is 2.03 bits per heavy atom. The van der Waals surface area contributed by atoms with Gasteiger partial charge in [-0.25, -0.2) is 0 Å². The fourth-order valence-corrected chi connectivity index (χ4v) is 9.26. The van der Waals surface area contributed by atoms with Crippen molar-refractivity contribution >= 4 is 46.8 Å². The Hall–Kier alpha value is -1.77. The number of thioether (sulfide) groups is 1. The zero-order valence-corrected chi connectivity index (χ0v) is 23.3. The van der Waals surface area contributed by atoms with Gasteiger partial charge in [0, 0.05) is 11.8 Å². The van der Waals surface area contributed by atoms with E-state index in [9.17, 15) is 19.5 Å². The Kier molecular flexibility index (Phi) is 7.98. The highest BCUT2D eigenvalue weighted by atomic mass is 35.5. The molecule has 3 unspecified atom stereocenters. The molecule has 4 rings (SSSR count). The Morgan fingerprint density at radius 1 is 1.31 bits per heavy atom. The SMILES string of the molecule is CCCNC(=O)[C@@H]1[C@@H]2CC(C)C3(S2)C(C(=O)Nc2c(C)cccc2Cl)N([C@@H](CO)[C@@H](C)CC)C(=O)[C@H]13. The van der Waals surface area contributed by atoms with Crippen molar-refractivity contribution in [1.29, 1.82) is 0 Å². The van der Waals surface area contributed by atoms with E-state index in [4.69, 9.17) is 11.6 Å². The van der Waals surface area contributed by atoms with E-state index in [0.29, 0.717) is 17.3 Å². The molecule has 3 fully saturated rings. The number of nitrogens with one attached hydrogen (secondary N) is 2. The molecular weight excluding hydrogens is 498 g/mol. The van der Waals surface area contributed by atoms with Crippen LogP contribution in [0.4, 0.5) is 5.69 Å². The molecule has 3 heterocycles. The standard InChI is InChI=1S/C27H38ClN3O4S/c1-6-11-29-24(33)20-19-12-16(5)27(36-19)21(20)26(35)31(18(13-32)14(3)7-2)23(27)25(34)30-22-15(4)9-8-10-17(22)28/h8-10,14,16,18-21,23,32H,6-7,11-13H2,1-5H3,(H,29,33)(H,30,34)/t14-,16?,18-,19-,20+,21-,23?,27?/m0/s1. The molecule has 0 saturated carbocycles. The Balaban J connectivity index is 1.81. The second kappa shape index (κ2) is 10.5. The number of fused-ring (bicyclic) bond motifs is 1. The first-order valence-corrected chi connectivity index (χ1v) is 14.3. The number of para-hydroxylation sites is 1. The summed E-state index contributed by atoms with van der Waals surface area (Å²) in [6.07, 6.45) is 2.33. The molecule has 1 aromatic rings. The fraction of sp³-hybridized carbons (Fsp3) is 0.667. The van der Waals surface area contributed by atoms with Crippen molar-refractivity contribution < 1.29 is 19.5 Å². The highest BCUT2D eigenvalue weighted by molar-refractivity contribution is 8.02. The van der Waals surface area contributed by atoms with Crippen LogP contribution in [0.1, 0.15) is 52.5 Å². The molecular formula is C27H38ClN3O4S. The Bertz CT molecular complexity index is 1020. The predicted octanol–water partition coefficient (Wildman–Crippen LogP) is 3.86. The van der Waals surface area contributed by atoms with Crippen molar-refractivity contribution in [2.24, 2.45) is 23.7 Å². The first-order chi connectivity index (χ1) is 17.1. The summed E-state index contributed by atoms with van der Waals surface area (Å²) in [6.45, 7) is 10.3. The van der Waals surface area contributed by atoms with Crippen LogP contribution in [0.25, 0.3) is 0 Å². The van der Waals surface area contributed by atoms with E-state index in [1.165, 1.54) is 0 Å². The molecule has 3 aliphatic rings. The van der Waals surface area contributed by atoms with E-state index in [0.717, 1.165) is 24.8 Å². The van der Waals surface area contributed by atoms with Gasteiger partial charge < -0.3 is 20.6 Å². The van der Waals surface area contributed by atoms with Crippen molar-refractivity contribution in [2.75, 3.05) is 18.5 Å². The van der Waals surface area contributed by atoms with Crippen LogP contribution in [0.3, 0.4) is 0 Å². The molecule has 1 aromatic carbocycles. The quantitative estimate of drug-likeness (QED) is 0.446.